The van der Waals surface area contributed by atoms with Crippen LogP contribution in [0.25, 0.3) is 0 Å². The third kappa shape index (κ3) is 2.05. The number of hydrogen-bond donors (Lipinski definition) is 1. The summed E-state index contributed by atoms with van der Waals surface area (Å²) >= 11 is 3.44. The third-order valence-electron chi connectivity index (χ3n) is 2.34. The summed E-state index contributed by atoms with van der Waals surface area (Å²) < 4.78 is 11.5. The summed E-state index contributed by atoms with van der Waals surface area (Å²) in [5.41, 5.74) is 1.81. The second-order valence-corrected chi connectivity index (χ2v) is 4.26. The molecule has 0 unspecified atom stereocenters. The molecule has 1 aromatic carbocycles. The molecule has 3 nitrogen and oxygen atoms in total. The van der Waals surface area contributed by atoms with Gasteiger partial charge in [-0.25, -0.2) is 0 Å². The van der Waals surface area contributed by atoms with Crippen LogP contribution in [0, 0.1) is 0 Å². The Labute approximate surface area is 97.7 Å². The first-order valence-electron chi connectivity index (χ1n) is 4.97. The second-order valence-electron chi connectivity index (χ2n) is 3.46. The predicted molar refractivity (Wildman–Crippen MR) is 62.3 cm³/mol. The first kappa shape index (κ1) is 11.0. The van der Waals surface area contributed by atoms with Crippen LogP contribution in [0.4, 0.5) is 0 Å². The summed E-state index contributed by atoms with van der Waals surface area (Å²) in [6.07, 6.45) is 0.961. The average Bonchev–Trinajstić information content (AvgIpc) is 2.60. The fourth-order valence-corrected chi connectivity index (χ4v) is 2.28. The van der Waals surface area contributed by atoms with E-state index in [9.17, 15) is 5.02 Å². The SMILES string of the molecule is CCCOc1ccc2c(c1Br)B(O)OC2. The van der Waals surface area contributed by atoms with E-state index in [2.05, 4.69) is 22.9 Å². The summed E-state index contributed by atoms with van der Waals surface area (Å²) in [5.74, 6) is 0.764. The molecule has 1 N–H and O–H groups in total. The van der Waals surface area contributed by atoms with E-state index in [0.29, 0.717) is 13.2 Å². The summed E-state index contributed by atoms with van der Waals surface area (Å²) in [6, 6.07) is 3.83. The van der Waals surface area contributed by atoms with Crippen molar-refractivity contribution in [3.05, 3.63) is 22.2 Å². The van der Waals surface area contributed by atoms with Gasteiger partial charge in [0.2, 0.25) is 0 Å². The Morgan fingerprint density at radius 3 is 3.13 bits per heavy atom. The van der Waals surface area contributed by atoms with Gasteiger partial charge >= 0.3 is 7.12 Å². The second kappa shape index (κ2) is 4.55. The van der Waals surface area contributed by atoms with E-state index in [-0.39, 0.29) is 0 Å². The standard InChI is InChI=1S/C10H12BBrO3/c1-2-5-14-8-4-3-7-6-15-11(13)9(7)10(8)12/h3-4,13H,2,5-6H2,1H3. The number of benzene rings is 1. The highest BCUT2D eigenvalue weighted by molar-refractivity contribution is 9.10. The van der Waals surface area contributed by atoms with Crippen LogP contribution in [-0.4, -0.2) is 18.7 Å². The number of hydrogen-bond acceptors (Lipinski definition) is 3. The molecule has 1 aromatic rings. The van der Waals surface area contributed by atoms with Crippen molar-refractivity contribution in [2.45, 2.75) is 20.0 Å². The van der Waals surface area contributed by atoms with Crippen LogP contribution in [0.3, 0.4) is 0 Å². The fourth-order valence-electron chi connectivity index (χ4n) is 1.58. The van der Waals surface area contributed by atoms with Crippen molar-refractivity contribution in [2.24, 2.45) is 0 Å². The largest absolute Gasteiger partial charge is 0.493 e. The van der Waals surface area contributed by atoms with Crippen LogP contribution < -0.4 is 10.2 Å². The van der Waals surface area contributed by atoms with E-state index in [1.165, 1.54) is 0 Å². The highest BCUT2D eigenvalue weighted by Crippen LogP contribution is 2.27. The molecule has 5 heteroatoms. The van der Waals surface area contributed by atoms with E-state index < -0.39 is 7.12 Å². The van der Waals surface area contributed by atoms with Gasteiger partial charge in [-0.15, -0.1) is 0 Å². The maximum absolute atomic E-state index is 9.60. The molecule has 0 saturated carbocycles. The van der Waals surface area contributed by atoms with Crippen molar-refractivity contribution < 1.29 is 14.4 Å². The molecular formula is C10H12BBrO3. The molecule has 2 rings (SSSR count). The molecule has 0 aliphatic carbocycles. The molecule has 0 spiro atoms. The lowest BCUT2D eigenvalue weighted by molar-refractivity contribution is 0.275. The van der Waals surface area contributed by atoms with Gasteiger partial charge in [0.05, 0.1) is 17.7 Å². The number of halogens is 1. The molecule has 80 valence electrons. The minimum absolute atomic E-state index is 0.461. The van der Waals surface area contributed by atoms with Crippen LogP contribution in [0.5, 0.6) is 5.75 Å². The minimum atomic E-state index is -0.834. The molecular weight excluding hydrogens is 259 g/mol. The predicted octanol–water partition coefficient (Wildman–Crippen LogP) is 1.46. The van der Waals surface area contributed by atoms with Crippen molar-refractivity contribution in [2.75, 3.05) is 6.61 Å². The van der Waals surface area contributed by atoms with Crippen molar-refractivity contribution in [3.8, 4) is 5.75 Å². The number of rotatable bonds is 3. The highest BCUT2D eigenvalue weighted by Gasteiger charge is 2.31. The van der Waals surface area contributed by atoms with Gasteiger partial charge in [-0.2, -0.15) is 0 Å². The molecule has 0 fully saturated rings. The van der Waals surface area contributed by atoms with Gasteiger partial charge < -0.3 is 14.4 Å². The van der Waals surface area contributed by atoms with E-state index >= 15 is 0 Å². The van der Waals surface area contributed by atoms with Crippen LogP contribution in [0.15, 0.2) is 16.6 Å². The van der Waals surface area contributed by atoms with Gasteiger partial charge in [0.25, 0.3) is 0 Å². The van der Waals surface area contributed by atoms with Gasteiger partial charge in [0, 0.05) is 5.46 Å². The summed E-state index contributed by atoms with van der Waals surface area (Å²) in [5, 5.41) is 9.60. The Hall–Kier alpha value is -0.515. The zero-order chi connectivity index (χ0) is 10.8. The Morgan fingerprint density at radius 2 is 2.40 bits per heavy atom. The van der Waals surface area contributed by atoms with E-state index in [4.69, 9.17) is 9.39 Å². The van der Waals surface area contributed by atoms with Crippen molar-refractivity contribution >= 4 is 28.5 Å². The van der Waals surface area contributed by atoms with Crippen molar-refractivity contribution in [1.82, 2.24) is 0 Å². The Balaban J connectivity index is 2.31. The molecule has 0 aromatic heterocycles. The average molecular weight is 271 g/mol. The Morgan fingerprint density at radius 1 is 1.60 bits per heavy atom. The maximum Gasteiger partial charge on any atom is 0.493 e. The van der Waals surface area contributed by atoms with Crippen LogP contribution in [0.1, 0.15) is 18.9 Å². The summed E-state index contributed by atoms with van der Waals surface area (Å²) in [7, 11) is -0.834. The van der Waals surface area contributed by atoms with Gasteiger partial charge in [-0.05, 0) is 34.0 Å². The summed E-state index contributed by atoms with van der Waals surface area (Å²) in [4.78, 5) is 0. The molecule has 1 aliphatic heterocycles. The quantitative estimate of drug-likeness (QED) is 0.846. The molecule has 1 heterocycles. The van der Waals surface area contributed by atoms with E-state index in [1.807, 2.05) is 12.1 Å². The van der Waals surface area contributed by atoms with E-state index in [0.717, 1.165) is 27.7 Å². The number of fused-ring (bicyclic) bond motifs is 1. The molecule has 0 bridgehead atoms. The van der Waals surface area contributed by atoms with Crippen LogP contribution >= 0.6 is 15.9 Å². The normalized spacial score (nSPS) is 14.2. The minimum Gasteiger partial charge on any atom is -0.492 e. The zero-order valence-corrected chi connectivity index (χ0v) is 10.1. The van der Waals surface area contributed by atoms with Crippen LogP contribution in [-0.2, 0) is 11.3 Å². The number of ether oxygens (including phenoxy) is 1. The third-order valence-corrected chi connectivity index (χ3v) is 3.16. The van der Waals surface area contributed by atoms with Crippen LogP contribution in [0.2, 0.25) is 0 Å². The lowest BCUT2D eigenvalue weighted by atomic mass is 9.79. The maximum atomic E-state index is 9.60. The Bertz CT molecular complexity index is 370. The first-order chi connectivity index (χ1) is 7.24. The van der Waals surface area contributed by atoms with E-state index in [1.54, 1.807) is 0 Å². The van der Waals surface area contributed by atoms with Gasteiger partial charge in [0.1, 0.15) is 5.75 Å². The van der Waals surface area contributed by atoms with Gasteiger partial charge in [-0.3, -0.25) is 0 Å². The fraction of sp³-hybridized carbons (Fsp3) is 0.400. The topological polar surface area (TPSA) is 38.7 Å². The highest BCUT2D eigenvalue weighted by atomic mass is 79.9. The molecule has 15 heavy (non-hydrogen) atoms. The van der Waals surface area contributed by atoms with Gasteiger partial charge in [-0.1, -0.05) is 13.0 Å². The molecule has 1 aliphatic rings. The first-order valence-corrected chi connectivity index (χ1v) is 5.77. The summed E-state index contributed by atoms with van der Waals surface area (Å²) in [6.45, 7) is 3.19. The van der Waals surface area contributed by atoms with Crippen molar-refractivity contribution in [1.29, 1.82) is 0 Å². The zero-order valence-electron chi connectivity index (χ0n) is 8.50. The monoisotopic (exact) mass is 270 g/mol. The smallest absolute Gasteiger partial charge is 0.492 e. The lowest BCUT2D eigenvalue weighted by Gasteiger charge is -2.10. The van der Waals surface area contributed by atoms with Gasteiger partial charge in [0.15, 0.2) is 0 Å². The molecule has 0 radical (unpaired) electrons. The molecule has 0 amide bonds. The van der Waals surface area contributed by atoms with Crippen molar-refractivity contribution in [3.63, 3.8) is 0 Å². The lowest BCUT2D eigenvalue weighted by Crippen LogP contribution is -2.29. The Kier molecular flexibility index (Phi) is 3.33. The molecule has 0 saturated heterocycles. The molecule has 0 atom stereocenters.